The van der Waals surface area contributed by atoms with E-state index in [1.807, 2.05) is 44.2 Å². The molecule has 2 aromatic carbocycles. The zero-order chi connectivity index (χ0) is 19.9. The highest BCUT2D eigenvalue weighted by Gasteiger charge is 2.28. The van der Waals surface area contributed by atoms with Gasteiger partial charge in [-0.05, 0) is 30.2 Å². The van der Waals surface area contributed by atoms with Gasteiger partial charge in [0.15, 0.2) is 11.5 Å². The molecule has 3 atom stereocenters. The minimum absolute atomic E-state index is 0.00286. The molecule has 0 aliphatic carbocycles. The highest BCUT2D eigenvalue weighted by molar-refractivity contribution is 5.97. The molecule has 0 bridgehead atoms. The maximum atomic E-state index is 12.8. The first kappa shape index (κ1) is 19.7. The fourth-order valence-corrected chi connectivity index (χ4v) is 3.00. The molecule has 3 rings (SSSR count). The van der Waals surface area contributed by atoms with Gasteiger partial charge >= 0.3 is 0 Å². The van der Waals surface area contributed by atoms with Gasteiger partial charge in [-0.25, -0.2) is 0 Å². The van der Waals surface area contributed by atoms with Crippen molar-refractivity contribution in [2.75, 3.05) is 13.2 Å². The van der Waals surface area contributed by atoms with Crippen LogP contribution in [-0.2, 0) is 4.79 Å². The number of para-hydroxylation sites is 2. The lowest BCUT2D eigenvalue weighted by molar-refractivity contribution is -0.124. The Kier molecular flexibility index (Phi) is 6.53. The van der Waals surface area contributed by atoms with Crippen molar-refractivity contribution in [3.05, 3.63) is 60.2 Å². The Morgan fingerprint density at radius 3 is 2.46 bits per heavy atom. The quantitative estimate of drug-likeness (QED) is 0.772. The van der Waals surface area contributed by atoms with Crippen molar-refractivity contribution < 1.29 is 19.1 Å². The van der Waals surface area contributed by atoms with E-state index in [1.54, 1.807) is 24.3 Å². The second-order valence-corrected chi connectivity index (χ2v) is 6.95. The number of hydrogen-bond acceptors (Lipinski definition) is 4. The molecule has 0 aromatic heterocycles. The zero-order valence-electron chi connectivity index (χ0n) is 16.2. The number of amides is 2. The van der Waals surface area contributed by atoms with E-state index >= 15 is 0 Å². The summed E-state index contributed by atoms with van der Waals surface area (Å²) in [5.74, 6) is 0.895. The molecule has 2 amide bonds. The molecule has 0 radical (unpaired) electrons. The van der Waals surface area contributed by atoms with E-state index in [-0.39, 0.29) is 23.8 Å². The van der Waals surface area contributed by atoms with Crippen molar-refractivity contribution in [1.29, 1.82) is 0 Å². The summed E-state index contributed by atoms with van der Waals surface area (Å²) in [5, 5.41) is 5.76. The summed E-state index contributed by atoms with van der Waals surface area (Å²) in [6.45, 7) is 4.61. The van der Waals surface area contributed by atoms with Gasteiger partial charge in [0.05, 0.1) is 6.54 Å². The lowest BCUT2D eigenvalue weighted by Crippen LogP contribution is -2.52. The Bertz CT molecular complexity index is 809. The van der Waals surface area contributed by atoms with E-state index in [4.69, 9.17) is 9.47 Å². The van der Waals surface area contributed by atoms with Crippen molar-refractivity contribution in [2.45, 2.75) is 32.4 Å². The first-order valence-electron chi connectivity index (χ1n) is 9.60. The molecular weight excluding hydrogens is 356 g/mol. The minimum atomic E-state index is -0.616. The summed E-state index contributed by atoms with van der Waals surface area (Å²) in [5.41, 5.74) is 0.532. The van der Waals surface area contributed by atoms with Crippen LogP contribution < -0.4 is 20.1 Å². The average Bonchev–Trinajstić information content (AvgIpc) is 2.75. The molecule has 28 heavy (non-hydrogen) atoms. The van der Waals surface area contributed by atoms with Crippen LogP contribution in [0.2, 0.25) is 0 Å². The smallest absolute Gasteiger partial charge is 0.251 e. The normalized spacial score (nSPS) is 17.3. The Hall–Kier alpha value is -3.02. The third-order valence-corrected chi connectivity index (χ3v) is 4.89. The van der Waals surface area contributed by atoms with E-state index in [1.165, 1.54) is 0 Å². The van der Waals surface area contributed by atoms with Gasteiger partial charge in [0.2, 0.25) is 5.91 Å². The van der Waals surface area contributed by atoms with E-state index < -0.39 is 6.04 Å². The van der Waals surface area contributed by atoms with E-state index in [2.05, 4.69) is 10.6 Å². The molecule has 6 heteroatoms. The summed E-state index contributed by atoms with van der Waals surface area (Å²) in [6.07, 6.45) is 0.491. The molecule has 1 heterocycles. The van der Waals surface area contributed by atoms with Crippen LogP contribution >= 0.6 is 0 Å². The van der Waals surface area contributed by atoms with Crippen LogP contribution in [-0.4, -0.2) is 37.1 Å². The van der Waals surface area contributed by atoms with Crippen LogP contribution in [0, 0.1) is 5.92 Å². The van der Waals surface area contributed by atoms with Crippen LogP contribution in [0.5, 0.6) is 11.5 Å². The number of fused-ring (bicyclic) bond motifs is 1. The molecule has 0 saturated heterocycles. The van der Waals surface area contributed by atoms with E-state index in [9.17, 15) is 9.59 Å². The highest BCUT2D eigenvalue weighted by Crippen LogP contribution is 2.30. The van der Waals surface area contributed by atoms with Crippen LogP contribution in [0.25, 0.3) is 0 Å². The summed E-state index contributed by atoms with van der Waals surface area (Å²) >= 11 is 0. The molecule has 148 valence electrons. The van der Waals surface area contributed by atoms with Gasteiger partial charge in [0, 0.05) is 5.56 Å². The topological polar surface area (TPSA) is 76.7 Å². The first-order valence-corrected chi connectivity index (χ1v) is 9.60. The predicted octanol–water partition coefficient (Wildman–Crippen LogP) is 2.79. The maximum Gasteiger partial charge on any atom is 0.251 e. The van der Waals surface area contributed by atoms with Gasteiger partial charge in [0.1, 0.15) is 18.8 Å². The number of carbonyl (C=O) groups excluding carboxylic acids is 2. The highest BCUT2D eigenvalue weighted by atomic mass is 16.6. The van der Waals surface area contributed by atoms with Gasteiger partial charge in [-0.1, -0.05) is 50.6 Å². The molecular formula is C22H26N2O4. The zero-order valence-corrected chi connectivity index (χ0v) is 16.2. The molecule has 1 aliphatic rings. The van der Waals surface area contributed by atoms with Gasteiger partial charge in [0.25, 0.3) is 5.91 Å². The molecule has 0 saturated carbocycles. The lowest BCUT2D eigenvalue weighted by Gasteiger charge is -2.28. The van der Waals surface area contributed by atoms with Crippen LogP contribution in [0.4, 0.5) is 0 Å². The Balaban J connectivity index is 1.58. The molecule has 0 spiro atoms. The fraction of sp³-hybridized carbons (Fsp3) is 0.364. The summed E-state index contributed by atoms with van der Waals surface area (Å²) in [7, 11) is 0. The van der Waals surface area contributed by atoms with Crippen molar-refractivity contribution in [1.82, 2.24) is 10.6 Å². The Labute approximate surface area is 165 Å². The summed E-state index contributed by atoms with van der Waals surface area (Å²) in [6, 6.07) is 15.7. The van der Waals surface area contributed by atoms with Crippen LogP contribution in [0.3, 0.4) is 0 Å². The van der Waals surface area contributed by atoms with Crippen LogP contribution in [0.1, 0.15) is 30.6 Å². The molecule has 6 nitrogen and oxygen atoms in total. The third kappa shape index (κ3) is 4.82. The second-order valence-electron chi connectivity index (χ2n) is 6.95. The monoisotopic (exact) mass is 382 g/mol. The average molecular weight is 382 g/mol. The van der Waals surface area contributed by atoms with Gasteiger partial charge in [-0.3, -0.25) is 9.59 Å². The van der Waals surface area contributed by atoms with Gasteiger partial charge < -0.3 is 20.1 Å². The molecule has 0 fully saturated rings. The number of nitrogens with one attached hydrogen (secondary N) is 2. The Morgan fingerprint density at radius 1 is 1.07 bits per heavy atom. The lowest BCUT2D eigenvalue weighted by atomic mass is 9.97. The maximum absolute atomic E-state index is 12.8. The minimum Gasteiger partial charge on any atom is -0.486 e. The van der Waals surface area contributed by atoms with Crippen molar-refractivity contribution in [3.63, 3.8) is 0 Å². The number of ether oxygens (including phenoxy) is 2. The third-order valence-electron chi connectivity index (χ3n) is 4.89. The first-order chi connectivity index (χ1) is 13.6. The van der Waals surface area contributed by atoms with Crippen LogP contribution in [0.15, 0.2) is 54.6 Å². The predicted molar refractivity (Wildman–Crippen MR) is 107 cm³/mol. The molecule has 2 aromatic rings. The number of hydrogen-bond donors (Lipinski definition) is 2. The fourth-order valence-electron chi connectivity index (χ4n) is 3.00. The Morgan fingerprint density at radius 2 is 1.75 bits per heavy atom. The molecule has 0 unspecified atom stereocenters. The number of carbonyl (C=O) groups is 2. The van der Waals surface area contributed by atoms with Crippen molar-refractivity contribution in [2.24, 2.45) is 5.92 Å². The second kappa shape index (κ2) is 9.26. The standard InChI is InChI=1S/C22H26N2O4/c1-3-15(2)20(24-21(25)16-9-5-4-6-10-16)22(26)23-13-17-14-27-18-11-7-8-12-19(18)28-17/h4-12,15,17,20H,3,13-14H2,1-2H3,(H,23,26)(H,24,25)/t15-,17-,20-/m0/s1. The van der Waals surface area contributed by atoms with Gasteiger partial charge in [-0.2, -0.15) is 0 Å². The van der Waals surface area contributed by atoms with Gasteiger partial charge in [-0.15, -0.1) is 0 Å². The van der Waals surface area contributed by atoms with E-state index in [0.29, 0.717) is 30.2 Å². The SMILES string of the molecule is CC[C@H](C)[C@H](NC(=O)c1ccccc1)C(=O)NC[C@H]1COc2ccccc2O1. The molecule has 2 N–H and O–H groups in total. The largest absolute Gasteiger partial charge is 0.486 e. The summed E-state index contributed by atoms with van der Waals surface area (Å²) in [4.78, 5) is 25.3. The number of benzene rings is 2. The summed E-state index contributed by atoms with van der Waals surface area (Å²) < 4.78 is 11.5. The number of rotatable bonds is 7. The van der Waals surface area contributed by atoms with Crippen molar-refractivity contribution >= 4 is 11.8 Å². The van der Waals surface area contributed by atoms with E-state index in [0.717, 1.165) is 6.42 Å². The molecule has 1 aliphatic heterocycles. The van der Waals surface area contributed by atoms with Crippen molar-refractivity contribution in [3.8, 4) is 11.5 Å².